The maximum Gasteiger partial charge on any atom is 0.133 e. The molecule has 0 aliphatic heterocycles. The van der Waals surface area contributed by atoms with Crippen LogP contribution in [0.15, 0.2) is 53.1 Å². The molecular formula is C16H16N2O. The van der Waals surface area contributed by atoms with Gasteiger partial charge in [-0.05, 0) is 43.7 Å². The molecule has 0 saturated carbocycles. The van der Waals surface area contributed by atoms with Crippen molar-refractivity contribution in [2.75, 3.05) is 0 Å². The molecule has 3 aromatic rings. The molecule has 0 aliphatic rings. The van der Waals surface area contributed by atoms with Crippen LogP contribution in [0.3, 0.4) is 0 Å². The Morgan fingerprint density at radius 2 is 2.00 bits per heavy atom. The van der Waals surface area contributed by atoms with E-state index in [0.29, 0.717) is 0 Å². The van der Waals surface area contributed by atoms with Gasteiger partial charge in [0.1, 0.15) is 5.76 Å². The molecule has 0 fully saturated rings. The summed E-state index contributed by atoms with van der Waals surface area (Å²) in [6.07, 6.45) is 1.70. The molecule has 19 heavy (non-hydrogen) atoms. The van der Waals surface area contributed by atoms with Crippen LogP contribution in [0, 0.1) is 13.8 Å². The first kappa shape index (κ1) is 11.8. The van der Waals surface area contributed by atoms with Crippen LogP contribution >= 0.6 is 0 Å². The number of hydrogen-bond acceptors (Lipinski definition) is 2. The second-order valence-electron chi connectivity index (χ2n) is 4.76. The lowest BCUT2D eigenvalue weighted by atomic mass is 10.1. The van der Waals surface area contributed by atoms with Crippen LogP contribution in [-0.2, 0) is 6.54 Å². The van der Waals surface area contributed by atoms with Gasteiger partial charge in [-0.2, -0.15) is 5.10 Å². The molecule has 0 spiro atoms. The van der Waals surface area contributed by atoms with Gasteiger partial charge in [0.25, 0.3) is 0 Å². The topological polar surface area (TPSA) is 31.0 Å². The summed E-state index contributed by atoms with van der Waals surface area (Å²) in [6.45, 7) is 4.88. The van der Waals surface area contributed by atoms with Gasteiger partial charge in [-0.3, -0.25) is 4.68 Å². The van der Waals surface area contributed by atoms with Crippen molar-refractivity contribution in [3.05, 3.63) is 65.7 Å². The number of rotatable bonds is 3. The summed E-state index contributed by atoms with van der Waals surface area (Å²) < 4.78 is 7.45. The van der Waals surface area contributed by atoms with E-state index in [0.717, 1.165) is 23.6 Å². The fraction of sp³-hybridized carbons (Fsp3) is 0.188. The van der Waals surface area contributed by atoms with E-state index in [4.69, 9.17) is 4.42 Å². The van der Waals surface area contributed by atoms with Crippen LogP contribution in [0.1, 0.15) is 17.0 Å². The molecule has 0 bridgehead atoms. The molecule has 3 heteroatoms. The summed E-state index contributed by atoms with van der Waals surface area (Å²) in [7, 11) is 0. The predicted molar refractivity (Wildman–Crippen MR) is 74.9 cm³/mol. The molecule has 3 nitrogen and oxygen atoms in total. The van der Waals surface area contributed by atoms with Gasteiger partial charge in [0.05, 0.1) is 18.5 Å². The van der Waals surface area contributed by atoms with Gasteiger partial charge in [-0.15, -0.1) is 0 Å². The Labute approximate surface area is 112 Å². The normalized spacial score (nSPS) is 10.8. The highest BCUT2D eigenvalue weighted by molar-refractivity contribution is 5.58. The SMILES string of the molecule is Cc1cc(C)n(Cc2cccc(-c3ccco3)c2)n1. The maximum atomic E-state index is 5.43. The van der Waals surface area contributed by atoms with Gasteiger partial charge in [-0.1, -0.05) is 18.2 Å². The molecule has 3 rings (SSSR count). The number of nitrogens with zero attached hydrogens (tertiary/aromatic N) is 2. The lowest BCUT2D eigenvalue weighted by Gasteiger charge is -2.06. The van der Waals surface area contributed by atoms with Crippen molar-refractivity contribution in [3.8, 4) is 11.3 Å². The molecule has 0 unspecified atom stereocenters. The number of hydrogen-bond donors (Lipinski definition) is 0. The molecule has 0 aliphatic carbocycles. The Morgan fingerprint density at radius 1 is 1.11 bits per heavy atom. The second-order valence-corrected chi connectivity index (χ2v) is 4.76. The Kier molecular flexibility index (Phi) is 2.95. The van der Waals surface area contributed by atoms with Crippen molar-refractivity contribution in [1.29, 1.82) is 0 Å². The van der Waals surface area contributed by atoms with Crippen LogP contribution in [0.5, 0.6) is 0 Å². The van der Waals surface area contributed by atoms with Gasteiger partial charge in [0.15, 0.2) is 0 Å². The lowest BCUT2D eigenvalue weighted by Crippen LogP contribution is -2.03. The van der Waals surface area contributed by atoms with Crippen molar-refractivity contribution in [2.45, 2.75) is 20.4 Å². The van der Waals surface area contributed by atoms with E-state index >= 15 is 0 Å². The minimum absolute atomic E-state index is 0.786. The smallest absolute Gasteiger partial charge is 0.133 e. The van der Waals surface area contributed by atoms with Crippen molar-refractivity contribution < 1.29 is 4.42 Å². The van der Waals surface area contributed by atoms with Crippen molar-refractivity contribution >= 4 is 0 Å². The lowest BCUT2D eigenvalue weighted by molar-refractivity contribution is 0.582. The standard InChI is InChI=1S/C16H16N2O/c1-12-9-13(2)18(17-12)11-14-5-3-6-15(10-14)16-7-4-8-19-16/h3-10H,11H2,1-2H3. The van der Waals surface area contributed by atoms with Gasteiger partial charge in [-0.25, -0.2) is 0 Å². The van der Waals surface area contributed by atoms with Gasteiger partial charge >= 0.3 is 0 Å². The number of benzene rings is 1. The Hall–Kier alpha value is -2.29. The Balaban J connectivity index is 1.90. The summed E-state index contributed by atoms with van der Waals surface area (Å²) in [6, 6.07) is 14.3. The molecule has 0 amide bonds. The first-order chi connectivity index (χ1) is 9.22. The van der Waals surface area contributed by atoms with Crippen LogP contribution in [-0.4, -0.2) is 9.78 Å². The van der Waals surface area contributed by atoms with Gasteiger partial charge in [0.2, 0.25) is 0 Å². The van der Waals surface area contributed by atoms with Gasteiger partial charge in [0, 0.05) is 11.3 Å². The minimum atomic E-state index is 0.786. The summed E-state index contributed by atoms with van der Waals surface area (Å²) in [5, 5.41) is 4.49. The van der Waals surface area contributed by atoms with Crippen molar-refractivity contribution in [1.82, 2.24) is 9.78 Å². The zero-order valence-electron chi connectivity index (χ0n) is 11.1. The fourth-order valence-electron chi connectivity index (χ4n) is 2.27. The molecule has 0 atom stereocenters. The minimum Gasteiger partial charge on any atom is -0.464 e. The highest BCUT2D eigenvalue weighted by atomic mass is 16.3. The van der Waals surface area contributed by atoms with Crippen LogP contribution < -0.4 is 0 Å². The van der Waals surface area contributed by atoms with Crippen LogP contribution in [0.4, 0.5) is 0 Å². The third kappa shape index (κ3) is 2.45. The highest BCUT2D eigenvalue weighted by Gasteiger charge is 2.05. The highest BCUT2D eigenvalue weighted by Crippen LogP contribution is 2.21. The summed E-state index contributed by atoms with van der Waals surface area (Å²) in [4.78, 5) is 0. The predicted octanol–water partition coefficient (Wildman–Crippen LogP) is 3.81. The molecular weight excluding hydrogens is 236 g/mol. The van der Waals surface area contributed by atoms with E-state index in [1.165, 1.54) is 11.3 Å². The number of furan rings is 1. The Bertz CT molecular complexity index is 681. The van der Waals surface area contributed by atoms with E-state index in [-0.39, 0.29) is 0 Å². The van der Waals surface area contributed by atoms with Gasteiger partial charge < -0.3 is 4.42 Å². The Morgan fingerprint density at radius 3 is 2.68 bits per heavy atom. The first-order valence-electron chi connectivity index (χ1n) is 6.36. The molecule has 0 saturated heterocycles. The maximum absolute atomic E-state index is 5.43. The third-order valence-electron chi connectivity index (χ3n) is 3.17. The molecule has 2 aromatic heterocycles. The molecule has 0 radical (unpaired) electrons. The largest absolute Gasteiger partial charge is 0.464 e. The first-order valence-corrected chi connectivity index (χ1v) is 6.36. The summed E-state index contributed by atoms with van der Waals surface area (Å²) >= 11 is 0. The monoisotopic (exact) mass is 252 g/mol. The van der Waals surface area contributed by atoms with Crippen molar-refractivity contribution in [2.24, 2.45) is 0 Å². The number of aryl methyl sites for hydroxylation is 2. The molecule has 0 N–H and O–H groups in total. The number of aromatic nitrogens is 2. The van der Waals surface area contributed by atoms with E-state index < -0.39 is 0 Å². The summed E-state index contributed by atoms with van der Waals surface area (Å²) in [5.41, 5.74) is 4.56. The molecule has 96 valence electrons. The van der Waals surface area contributed by atoms with Crippen LogP contribution in [0.2, 0.25) is 0 Å². The summed E-state index contributed by atoms with van der Waals surface area (Å²) in [5.74, 6) is 0.898. The average molecular weight is 252 g/mol. The van der Waals surface area contributed by atoms with Crippen LogP contribution in [0.25, 0.3) is 11.3 Å². The van der Waals surface area contributed by atoms with E-state index in [2.05, 4.69) is 42.4 Å². The molecule has 1 aromatic carbocycles. The quantitative estimate of drug-likeness (QED) is 0.709. The fourth-order valence-corrected chi connectivity index (χ4v) is 2.27. The van der Waals surface area contributed by atoms with E-state index in [1.54, 1.807) is 6.26 Å². The van der Waals surface area contributed by atoms with Crippen molar-refractivity contribution in [3.63, 3.8) is 0 Å². The average Bonchev–Trinajstić information content (AvgIpc) is 3.01. The molecule has 2 heterocycles. The zero-order chi connectivity index (χ0) is 13.2. The second kappa shape index (κ2) is 4.76. The van der Waals surface area contributed by atoms with E-state index in [9.17, 15) is 0 Å². The zero-order valence-corrected chi connectivity index (χ0v) is 11.1. The van der Waals surface area contributed by atoms with E-state index in [1.807, 2.05) is 23.7 Å². The third-order valence-corrected chi connectivity index (χ3v) is 3.17.